The lowest BCUT2D eigenvalue weighted by Crippen LogP contribution is -2.19. The first-order chi connectivity index (χ1) is 8.61. The maximum atomic E-state index is 13.2. The molecule has 0 unspecified atom stereocenters. The minimum Gasteiger partial charge on any atom is -0.394 e. The van der Waals surface area contributed by atoms with Crippen LogP contribution < -0.4 is 10.6 Å². The fourth-order valence-electron chi connectivity index (χ4n) is 1.68. The number of benzene rings is 1. The molecule has 1 aromatic carbocycles. The van der Waals surface area contributed by atoms with Crippen molar-refractivity contribution in [1.29, 1.82) is 0 Å². The van der Waals surface area contributed by atoms with Gasteiger partial charge in [0.05, 0.1) is 11.9 Å². The maximum Gasteiger partial charge on any atom is 0.224 e. The summed E-state index contributed by atoms with van der Waals surface area (Å²) in [7, 11) is 0. The summed E-state index contributed by atoms with van der Waals surface area (Å²) < 4.78 is 13.2. The largest absolute Gasteiger partial charge is 0.394 e. The van der Waals surface area contributed by atoms with E-state index in [4.69, 9.17) is 17.3 Å². The van der Waals surface area contributed by atoms with E-state index >= 15 is 0 Å². The second-order valence-corrected chi connectivity index (χ2v) is 3.98. The third kappa shape index (κ3) is 2.51. The van der Waals surface area contributed by atoms with E-state index in [2.05, 4.69) is 9.97 Å². The van der Waals surface area contributed by atoms with E-state index in [9.17, 15) is 4.39 Å². The molecule has 4 nitrogen and oxygen atoms in total. The molecule has 0 fully saturated rings. The normalized spacial score (nSPS) is 10.4. The van der Waals surface area contributed by atoms with Gasteiger partial charge in [0.1, 0.15) is 5.82 Å². The molecule has 6 heteroatoms. The minimum absolute atomic E-state index is 0.106. The summed E-state index contributed by atoms with van der Waals surface area (Å²) in [5, 5.41) is 0.106. The van der Waals surface area contributed by atoms with Crippen molar-refractivity contribution >= 4 is 28.8 Å². The van der Waals surface area contributed by atoms with Crippen LogP contribution in [0.2, 0.25) is 5.28 Å². The van der Waals surface area contributed by atoms with Crippen molar-refractivity contribution in [3.63, 3.8) is 0 Å². The molecule has 0 aliphatic carbocycles. The molecule has 2 aromatic rings. The summed E-state index contributed by atoms with van der Waals surface area (Å²) in [6.07, 6.45) is 1.44. The Bertz CT molecular complexity index is 562. The van der Waals surface area contributed by atoms with Gasteiger partial charge in [-0.05, 0) is 36.7 Å². The first-order valence-electron chi connectivity index (χ1n) is 5.43. The van der Waals surface area contributed by atoms with E-state index in [0.717, 1.165) is 0 Å². The Hall–Kier alpha value is -1.88. The molecule has 1 heterocycles. The standard InChI is InChI=1S/C12H12ClFN4/c1-2-18(9-5-3-4-8(14)6-9)11-10(15)7-16-12(13)17-11/h3-7H,2,15H2,1H3. The summed E-state index contributed by atoms with van der Waals surface area (Å²) in [5.41, 5.74) is 6.88. The number of halogens is 2. The van der Waals surface area contributed by atoms with Crippen LogP contribution in [0, 0.1) is 5.82 Å². The molecule has 0 saturated carbocycles. The quantitative estimate of drug-likeness (QED) is 0.868. The van der Waals surface area contributed by atoms with E-state index in [0.29, 0.717) is 23.7 Å². The molecule has 1 aromatic heterocycles. The van der Waals surface area contributed by atoms with Crippen LogP contribution in [-0.2, 0) is 0 Å². The molecular weight excluding hydrogens is 255 g/mol. The molecule has 0 aliphatic rings. The second-order valence-electron chi connectivity index (χ2n) is 3.64. The highest BCUT2D eigenvalue weighted by molar-refractivity contribution is 6.28. The molecule has 0 saturated heterocycles. The van der Waals surface area contributed by atoms with Gasteiger partial charge in [0.25, 0.3) is 0 Å². The van der Waals surface area contributed by atoms with Crippen LogP contribution in [0.4, 0.5) is 21.6 Å². The van der Waals surface area contributed by atoms with Gasteiger partial charge in [-0.1, -0.05) is 6.07 Å². The van der Waals surface area contributed by atoms with Crippen molar-refractivity contribution in [2.45, 2.75) is 6.92 Å². The van der Waals surface area contributed by atoms with Crippen molar-refractivity contribution < 1.29 is 4.39 Å². The summed E-state index contributed by atoms with van der Waals surface area (Å²) in [6, 6.07) is 6.21. The smallest absolute Gasteiger partial charge is 0.224 e. The zero-order valence-corrected chi connectivity index (χ0v) is 10.5. The number of anilines is 3. The average molecular weight is 267 g/mol. The van der Waals surface area contributed by atoms with E-state index in [1.54, 1.807) is 17.0 Å². The molecule has 2 rings (SSSR count). The number of hydrogen-bond acceptors (Lipinski definition) is 4. The predicted molar refractivity (Wildman–Crippen MR) is 70.5 cm³/mol. The lowest BCUT2D eigenvalue weighted by molar-refractivity contribution is 0.627. The minimum atomic E-state index is -0.315. The lowest BCUT2D eigenvalue weighted by atomic mass is 10.2. The Morgan fingerprint density at radius 1 is 1.44 bits per heavy atom. The highest BCUT2D eigenvalue weighted by atomic mass is 35.5. The summed E-state index contributed by atoms with van der Waals surface area (Å²) >= 11 is 5.76. The van der Waals surface area contributed by atoms with Crippen molar-refractivity contribution in [3.8, 4) is 0 Å². The Morgan fingerprint density at radius 2 is 2.22 bits per heavy atom. The third-order valence-electron chi connectivity index (χ3n) is 2.46. The lowest BCUT2D eigenvalue weighted by Gasteiger charge is -2.23. The zero-order valence-electron chi connectivity index (χ0n) is 9.77. The Morgan fingerprint density at radius 3 is 2.89 bits per heavy atom. The highest BCUT2D eigenvalue weighted by Crippen LogP contribution is 2.28. The Balaban J connectivity index is 2.48. The van der Waals surface area contributed by atoms with E-state index in [1.807, 2.05) is 6.92 Å². The summed E-state index contributed by atoms with van der Waals surface area (Å²) in [4.78, 5) is 9.65. The van der Waals surface area contributed by atoms with Crippen LogP contribution >= 0.6 is 11.6 Å². The van der Waals surface area contributed by atoms with Gasteiger partial charge in [0.2, 0.25) is 5.28 Å². The number of nitrogens with zero attached hydrogens (tertiary/aromatic N) is 3. The summed E-state index contributed by atoms with van der Waals surface area (Å²) in [6.45, 7) is 2.50. The van der Waals surface area contributed by atoms with Gasteiger partial charge in [-0.25, -0.2) is 9.37 Å². The fraction of sp³-hybridized carbons (Fsp3) is 0.167. The van der Waals surface area contributed by atoms with Crippen LogP contribution in [0.3, 0.4) is 0 Å². The molecule has 18 heavy (non-hydrogen) atoms. The Kier molecular flexibility index (Phi) is 3.62. The van der Waals surface area contributed by atoms with Gasteiger partial charge in [-0.15, -0.1) is 0 Å². The van der Waals surface area contributed by atoms with Crippen molar-refractivity contribution in [2.75, 3.05) is 17.2 Å². The molecule has 2 N–H and O–H groups in total. The molecule has 0 amide bonds. The highest BCUT2D eigenvalue weighted by Gasteiger charge is 2.13. The zero-order chi connectivity index (χ0) is 13.1. The SMILES string of the molecule is CCN(c1cccc(F)c1)c1nc(Cl)ncc1N. The van der Waals surface area contributed by atoms with E-state index < -0.39 is 0 Å². The number of rotatable bonds is 3. The summed E-state index contributed by atoms with van der Waals surface area (Å²) in [5.74, 6) is 0.160. The van der Waals surface area contributed by atoms with E-state index in [-0.39, 0.29) is 11.1 Å². The molecule has 94 valence electrons. The van der Waals surface area contributed by atoms with Gasteiger partial charge in [0.15, 0.2) is 5.82 Å². The third-order valence-corrected chi connectivity index (χ3v) is 2.64. The van der Waals surface area contributed by atoms with Crippen LogP contribution in [-0.4, -0.2) is 16.5 Å². The van der Waals surface area contributed by atoms with Crippen molar-refractivity contribution in [2.24, 2.45) is 0 Å². The van der Waals surface area contributed by atoms with Gasteiger partial charge < -0.3 is 10.6 Å². The first-order valence-corrected chi connectivity index (χ1v) is 5.80. The molecule has 0 spiro atoms. The monoisotopic (exact) mass is 266 g/mol. The van der Waals surface area contributed by atoms with Gasteiger partial charge in [-0.3, -0.25) is 0 Å². The molecule has 0 radical (unpaired) electrons. The van der Waals surface area contributed by atoms with E-state index in [1.165, 1.54) is 18.3 Å². The average Bonchev–Trinajstić information content (AvgIpc) is 2.35. The van der Waals surface area contributed by atoms with Crippen molar-refractivity contribution in [1.82, 2.24) is 9.97 Å². The van der Waals surface area contributed by atoms with Gasteiger partial charge in [0, 0.05) is 12.2 Å². The van der Waals surface area contributed by atoms with Gasteiger partial charge in [-0.2, -0.15) is 4.98 Å². The molecule has 0 aliphatic heterocycles. The number of hydrogen-bond donors (Lipinski definition) is 1. The Labute approximate surface area is 109 Å². The number of nitrogens with two attached hydrogens (primary N) is 1. The van der Waals surface area contributed by atoms with Crippen molar-refractivity contribution in [3.05, 3.63) is 41.6 Å². The van der Waals surface area contributed by atoms with Crippen LogP contribution in [0.25, 0.3) is 0 Å². The first kappa shape index (κ1) is 12.6. The molecule has 0 bridgehead atoms. The fourth-order valence-corrected chi connectivity index (χ4v) is 1.81. The predicted octanol–water partition coefficient (Wildman–Crippen LogP) is 3.01. The van der Waals surface area contributed by atoms with Crippen LogP contribution in [0.15, 0.2) is 30.5 Å². The topological polar surface area (TPSA) is 55.0 Å². The van der Waals surface area contributed by atoms with Crippen LogP contribution in [0.1, 0.15) is 6.92 Å². The molecule has 0 atom stereocenters. The van der Waals surface area contributed by atoms with Crippen LogP contribution in [0.5, 0.6) is 0 Å². The number of nitrogen functional groups attached to an aromatic ring is 1. The maximum absolute atomic E-state index is 13.2. The van der Waals surface area contributed by atoms with Gasteiger partial charge >= 0.3 is 0 Å². The molecular formula is C12H12ClFN4. The number of aromatic nitrogens is 2. The second kappa shape index (κ2) is 5.18.